The molecule has 0 bridgehead atoms. The molecule has 0 aromatic heterocycles. The minimum Gasteiger partial charge on any atom is -0.491 e. The van der Waals surface area contributed by atoms with E-state index < -0.39 is 12.1 Å². The predicted octanol–water partition coefficient (Wildman–Crippen LogP) is 6.76. The molecule has 2 atom stereocenters. The van der Waals surface area contributed by atoms with Crippen molar-refractivity contribution in [3.63, 3.8) is 0 Å². The summed E-state index contributed by atoms with van der Waals surface area (Å²) in [7, 11) is 0. The molecular formula is C29H36O4. The van der Waals surface area contributed by atoms with Crippen LogP contribution < -0.4 is 4.74 Å². The number of aliphatic hydroxyl groups is 1. The summed E-state index contributed by atoms with van der Waals surface area (Å²) in [5.74, 6) is 0.362. The fourth-order valence-corrected chi connectivity index (χ4v) is 4.05. The zero-order valence-electron chi connectivity index (χ0n) is 20.4. The Morgan fingerprint density at radius 3 is 2.33 bits per heavy atom. The Morgan fingerprint density at radius 1 is 1.00 bits per heavy atom. The highest BCUT2D eigenvalue weighted by Gasteiger charge is 2.23. The monoisotopic (exact) mass is 448 g/mol. The van der Waals surface area contributed by atoms with Gasteiger partial charge >= 0.3 is 5.97 Å². The SMILES string of the molecule is CCC(CCc1ccc(OCC(O)C(C)(C)C)c(C)c1)c1ccc2cc(C(=O)O)ccc2c1. The number of carboxylic acid groups (broad SMARTS) is 1. The second-order valence-electron chi connectivity index (χ2n) is 10.1. The van der Waals surface area contributed by atoms with Crippen LogP contribution >= 0.6 is 0 Å². The highest BCUT2D eigenvalue weighted by atomic mass is 16.5. The van der Waals surface area contributed by atoms with Crippen molar-refractivity contribution in [3.8, 4) is 5.75 Å². The first-order chi connectivity index (χ1) is 15.6. The average Bonchev–Trinajstić information content (AvgIpc) is 2.77. The van der Waals surface area contributed by atoms with Crippen LogP contribution in [0.5, 0.6) is 5.75 Å². The van der Waals surface area contributed by atoms with Gasteiger partial charge in [-0.1, -0.05) is 64.1 Å². The van der Waals surface area contributed by atoms with Crippen molar-refractivity contribution in [3.05, 3.63) is 76.9 Å². The molecule has 176 valence electrons. The van der Waals surface area contributed by atoms with E-state index >= 15 is 0 Å². The molecule has 3 aromatic rings. The fraction of sp³-hybridized carbons (Fsp3) is 0.414. The molecule has 2 unspecified atom stereocenters. The molecule has 0 heterocycles. The summed E-state index contributed by atoms with van der Waals surface area (Å²) in [5, 5.41) is 21.5. The summed E-state index contributed by atoms with van der Waals surface area (Å²) in [6, 6.07) is 18.0. The smallest absolute Gasteiger partial charge is 0.335 e. The molecule has 0 fully saturated rings. The molecule has 0 aliphatic heterocycles. The van der Waals surface area contributed by atoms with Gasteiger partial charge in [0.1, 0.15) is 12.4 Å². The van der Waals surface area contributed by atoms with Crippen LogP contribution in [0.4, 0.5) is 0 Å². The maximum Gasteiger partial charge on any atom is 0.335 e. The molecule has 0 spiro atoms. The van der Waals surface area contributed by atoms with Crippen LogP contribution in [0.3, 0.4) is 0 Å². The number of aliphatic hydroxyl groups excluding tert-OH is 1. The van der Waals surface area contributed by atoms with E-state index in [0.29, 0.717) is 11.5 Å². The summed E-state index contributed by atoms with van der Waals surface area (Å²) in [4.78, 5) is 11.2. The van der Waals surface area contributed by atoms with E-state index in [1.165, 1.54) is 11.1 Å². The van der Waals surface area contributed by atoms with E-state index in [0.717, 1.165) is 41.3 Å². The minimum absolute atomic E-state index is 0.204. The van der Waals surface area contributed by atoms with Gasteiger partial charge in [0.05, 0.1) is 11.7 Å². The van der Waals surface area contributed by atoms with Crippen LogP contribution in [0.1, 0.15) is 73.5 Å². The third-order valence-corrected chi connectivity index (χ3v) is 6.49. The van der Waals surface area contributed by atoms with Gasteiger partial charge < -0.3 is 14.9 Å². The molecule has 0 aliphatic carbocycles. The number of hydrogen-bond acceptors (Lipinski definition) is 3. The topological polar surface area (TPSA) is 66.8 Å². The minimum atomic E-state index is -0.899. The standard InChI is InChI=1S/C29H36O4/c1-6-21(22-10-11-24-17-25(28(31)32)13-12-23(24)16-22)9-7-20-8-14-26(19(2)15-20)33-18-27(30)29(3,4)5/h8,10-17,21,27,30H,6-7,9,18H2,1-5H3,(H,31,32). The van der Waals surface area contributed by atoms with Crippen molar-refractivity contribution in [2.75, 3.05) is 6.61 Å². The number of benzene rings is 3. The van der Waals surface area contributed by atoms with E-state index in [1.807, 2.05) is 45.9 Å². The lowest BCUT2D eigenvalue weighted by molar-refractivity contribution is 0.0216. The van der Waals surface area contributed by atoms with Crippen LogP contribution in [-0.2, 0) is 6.42 Å². The van der Waals surface area contributed by atoms with Gasteiger partial charge in [-0.2, -0.15) is 0 Å². The normalized spacial score (nSPS) is 13.6. The van der Waals surface area contributed by atoms with Crippen molar-refractivity contribution in [2.45, 2.75) is 65.9 Å². The van der Waals surface area contributed by atoms with Crippen molar-refractivity contribution in [1.82, 2.24) is 0 Å². The zero-order chi connectivity index (χ0) is 24.2. The third-order valence-electron chi connectivity index (χ3n) is 6.49. The fourth-order valence-electron chi connectivity index (χ4n) is 4.05. The first kappa shape index (κ1) is 24.8. The largest absolute Gasteiger partial charge is 0.491 e. The maximum absolute atomic E-state index is 11.2. The molecular weight excluding hydrogens is 412 g/mol. The molecule has 0 saturated heterocycles. The zero-order valence-corrected chi connectivity index (χ0v) is 20.4. The van der Waals surface area contributed by atoms with Gasteiger partial charge in [0.15, 0.2) is 0 Å². The van der Waals surface area contributed by atoms with E-state index in [1.54, 1.807) is 12.1 Å². The summed E-state index contributed by atoms with van der Waals surface area (Å²) >= 11 is 0. The molecule has 33 heavy (non-hydrogen) atoms. The van der Waals surface area contributed by atoms with E-state index in [9.17, 15) is 15.0 Å². The Bertz CT molecular complexity index is 1110. The first-order valence-electron chi connectivity index (χ1n) is 11.8. The highest BCUT2D eigenvalue weighted by Crippen LogP contribution is 2.30. The lowest BCUT2D eigenvalue weighted by atomic mass is 9.88. The number of hydrogen-bond donors (Lipinski definition) is 2. The van der Waals surface area contributed by atoms with E-state index in [2.05, 4.69) is 31.2 Å². The second kappa shape index (κ2) is 10.4. The Kier molecular flexibility index (Phi) is 7.80. The van der Waals surface area contributed by atoms with Crippen molar-refractivity contribution >= 4 is 16.7 Å². The summed E-state index contributed by atoms with van der Waals surface area (Å²) < 4.78 is 5.87. The van der Waals surface area contributed by atoms with Gasteiger partial charge in [-0.05, 0) is 83.2 Å². The van der Waals surface area contributed by atoms with Crippen LogP contribution in [-0.4, -0.2) is 28.9 Å². The van der Waals surface area contributed by atoms with Crippen LogP contribution in [0, 0.1) is 12.3 Å². The van der Waals surface area contributed by atoms with Crippen molar-refractivity contribution < 1.29 is 19.7 Å². The van der Waals surface area contributed by atoms with Gasteiger partial charge in [0, 0.05) is 0 Å². The molecule has 0 aliphatic rings. The molecule has 0 amide bonds. The van der Waals surface area contributed by atoms with Gasteiger partial charge in [0.2, 0.25) is 0 Å². The van der Waals surface area contributed by atoms with Gasteiger partial charge in [-0.25, -0.2) is 4.79 Å². The van der Waals surface area contributed by atoms with Gasteiger partial charge in [-0.3, -0.25) is 0 Å². The molecule has 3 aromatic carbocycles. The molecule has 0 saturated carbocycles. The molecule has 4 heteroatoms. The van der Waals surface area contributed by atoms with Crippen molar-refractivity contribution in [1.29, 1.82) is 0 Å². The Morgan fingerprint density at radius 2 is 1.70 bits per heavy atom. The predicted molar refractivity (Wildman–Crippen MR) is 134 cm³/mol. The number of fused-ring (bicyclic) bond motifs is 1. The lowest BCUT2D eigenvalue weighted by Gasteiger charge is -2.26. The Labute approximate surface area is 197 Å². The quantitative estimate of drug-likeness (QED) is 0.379. The van der Waals surface area contributed by atoms with E-state index in [-0.39, 0.29) is 12.0 Å². The van der Waals surface area contributed by atoms with Crippen molar-refractivity contribution in [2.24, 2.45) is 5.41 Å². The number of aromatic carboxylic acids is 1. The number of aryl methyl sites for hydroxylation is 2. The number of rotatable bonds is 9. The number of carbonyl (C=O) groups is 1. The molecule has 0 radical (unpaired) electrons. The molecule has 4 nitrogen and oxygen atoms in total. The summed E-state index contributed by atoms with van der Waals surface area (Å²) in [6.45, 7) is 10.6. The van der Waals surface area contributed by atoms with Gasteiger partial charge in [-0.15, -0.1) is 0 Å². The highest BCUT2D eigenvalue weighted by molar-refractivity contribution is 5.94. The van der Waals surface area contributed by atoms with Crippen LogP contribution in [0.2, 0.25) is 0 Å². The number of ether oxygens (including phenoxy) is 1. The first-order valence-corrected chi connectivity index (χ1v) is 11.8. The number of carboxylic acids is 1. The Hall–Kier alpha value is -2.85. The summed E-state index contributed by atoms with van der Waals surface area (Å²) in [5.41, 5.74) is 3.77. The molecule has 2 N–H and O–H groups in total. The van der Waals surface area contributed by atoms with E-state index in [4.69, 9.17) is 4.74 Å². The summed E-state index contributed by atoms with van der Waals surface area (Å²) in [6.07, 6.45) is 2.54. The second-order valence-corrected chi connectivity index (χ2v) is 10.1. The average molecular weight is 449 g/mol. The third kappa shape index (κ3) is 6.35. The maximum atomic E-state index is 11.2. The molecule has 3 rings (SSSR count). The van der Waals surface area contributed by atoms with Crippen LogP contribution in [0.15, 0.2) is 54.6 Å². The van der Waals surface area contributed by atoms with Gasteiger partial charge in [0.25, 0.3) is 0 Å². The Balaban J connectivity index is 1.66. The lowest BCUT2D eigenvalue weighted by Crippen LogP contribution is -2.32. The van der Waals surface area contributed by atoms with Crippen LogP contribution in [0.25, 0.3) is 10.8 Å².